The van der Waals surface area contributed by atoms with E-state index < -0.39 is 28.2 Å². The maximum Gasteiger partial charge on any atom is 0.416 e. The highest BCUT2D eigenvalue weighted by atomic mass is 19.4. The zero-order chi connectivity index (χ0) is 21.9. The SMILES string of the molecule is O=C(NCc1ccccc1F)C1CCN(c2ccc(C(F)(F)F)cc2[N+](=O)[O-])CC1. The molecule has 1 saturated heterocycles. The molecule has 1 fully saturated rings. The van der Waals surface area contributed by atoms with Crippen molar-refractivity contribution in [3.05, 3.63) is 69.5 Å². The van der Waals surface area contributed by atoms with E-state index in [1.807, 2.05) is 0 Å². The van der Waals surface area contributed by atoms with E-state index in [-0.39, 0.29) is 37.1 Å². The number of hydrogen-bond donors (Lipinski definition) is 1. The van der Waals surface area contributed by atoms with Gasteiger partial charge in [0, 0.05) is 37.2 Å². The van der Waals surface area contributed by atoms with Crippen LogP contribution in [0.4, 0.5) is 28.9 Å². The van der Waals surface area contributed by atoms with E-state index in [4.69, 9.17) is 0 Å². The van der Waals surface area contributed by atoms with Crippen LogP contribution in [0, 0.1) is 21.8 Å². The molecular formula is C20H19F4N3O3. The Balaban J connectivity index is 1.63. The van der Waals surface area contributed by atoms with Crippen molar-refractivity contribution in [2.24, 2.45) is 5.92 Å². The van der Waals surface area contributed by atoms with E-state index in [1.54, 1.807) is 23.1 Å². The summed E-state index contributed by atoms with van der Waals surface area (Å²) in [5, 5.41) is 14.0. The number of anilines is 1. The molecule has 1 amide bonds. The summed E-state index contributed by atoms with van der Waals surface area (Å²) in [6.45, 7) is 0.615. The molecule has 0 aliphatic carbocycles. The molecule has 0 spiro atoms. The smallest absolute Gasteiger partial charge is 0.366 e. The van der Waals surface area contributed by atoms with Gasteiger partial charge in [0.2, 0.25) is 5.91 Å². The minimum atomic E-state index is -4.67. The Hall–Kier alpha value is -3.17. The molecule has 3 rings (SSSR count). The summed E-state index contributed by atoms with van der Waals surface area (Å²) >= 11 is 0. The van der Waals surface area contributed by atoms with Gasteiger partial charge in [0.05, 0.1) is 10.5 Å². The number of nitrogens with zero attached hydrogens (tertiary/aromatic N) is 2. The van der Waals surface area contributed by atoms with Crippen LogP contribution in [0.25, 0.3) is 0 Å². The average Bonchev–Trinajstić information content (AvgIpc) is 2.72. The molecule has 1 heterocycles. The van der Waals surface area contributed by atoms with Crippen LogP contribution in [-0.4, -0.2) is 23.9 Å². The molecule has 30 heavy (non-hydrogen) atoms. The quantitative estimate of drug-likeness (QED) is 0.441. The predicted octanol–water partition coefficient (Wildman–Crippen LogP) is 4.29. The molecule has 1 aliphatic rings. The third-order valence-electron chi connectivity index (χ3n) is 5.12. The van der Waals surface area contributed by atoms with Gasteiger partial charge in [0.15, 0.2) is 0 Å². The second-order valence-corrected chi connectivity index (χ2v) is 7.03. The van der Waals surface area contributed by atoms with Crippen LogP contribution in [0.3, 0.4) is 0 Å². The lowest BCUT2D eigenvalue weighted by Gasteiger charge is -2.32. The van der Waals surface area contributed by atoms with Crippen LogP contribution >= 0.6 is 0 Å². The summed E-state index contributed by atoms with van der Waals surface area (Å²) in [4.78, 5) is 24.4. The predicted molar refractivity (Wildman–Crippen MR) is 101 cm³/mol. The number of piperidine rings is 1. The molecule has 1 aliphatic heterocycles. The number of amides is 1. The van der Waals surface area contributed by atoms with E-state index >= 15 is 0 Å². The zero-order valence-corrected chi connectivity index (χ0v) is 15.8. The number of rotatable bonds is 5. The summed E-state index contributed by atoms with van der Waals surface area (Å²) < 4.78 is 52.2. The number of carbonyl (C=O) groups is 1. The van der Waals surface area contributed by atoms with Gasteiger partial charge in [-0.25, -0.2) is 4.39 Å². The highest BCUT2D eigenvalue weighted by Crippen LogP contribution is 2.37. The normalized spacial score (nSPS) is 15.1. The van der Waals surface area contributed by atoms with Crippen molar-refractivity contribution in [2.75, 3.05) is 18.0 Å². The maximum atomic E-state index is 13.6. The molecule has 0 radical (unpaired) electrons. The van der Waals surface area contributed by atoms with Crippen LogP contribution in [0.15, 0.2) is 42.5 Å². The monoisotopic (exact) mass is 425 g/mol. The standard InChI is InChI=1S/C20H19F4N3O3/c21-16-4-2-1-3-14(16)12-25-19(28)13-7-9-26(10-8-13)17-6-5-15(20(22,23)24)11-18(17)27(29)30/h1-6,11,13H,7-10,12H2,(H,25,28). The van der Waals surface area contributed by atoms with Crippen LogP contribution in [-0.2, 0) is 17.5 Å². The average molecular weight is 425 g/mol. The Kier molecular flexibility index (Phi) is 6.23. The van der Waals surface area contributed by atoms with E-state index in [0.29, 0.717) is 24.5 Å². The molecule has 10 heteroatoms. The summed E-state index contributed by atoms with van der Waals surface area (Å²) in [6.07, 6.45) is -3.92. The van der Waals surface area contributed by atoms with Crippen LogP contribution < -0.4 is 10.2 Å². The summed E-state index contributed by atoms with van der Waals surface area (Å²) in [5.41, 5.74) is -1.24. The Morgan fingerprint density at radius 1 is 1.17 bits per heavy atom. The number of alkyl halides is 3. The fraction of sp³-hybridized carbons (Fsp3) is 0.350. The third kappa shape index (κ3) is 4.87. The van der Waals surface area contributed by atoms with Crippen molar-refractivity contribution in [2.45, 2.75) is 25.6 Å². The Morgan fingerprint density at radius 2 is 1.83 bits per heavy atom. The maximum absolute atomic E-state index is 13.6. The van der Waals surface area contributed by atoms with Gasteiger partial charge >= 0.3 is 6.18 Å². The zero-order valence-electron chi connectivity index (χ0n) is 15.8. The van der Waals surface area contributed by atoms with Gasteiger partial charge in [0.1, 0.15) is 11.5 Å². The number of carbonyl (C=O) groups excluding carboxylic acids is 1. The van der Waals surface area contributed by atoms with E-state index in [2.05, 4.69) is 5.32 Å². The molecule has 2 aromatic carbocycles. The molecule has 160 valence electrons. The molecule has 0 atom stereocenters. The summed E-state index contributed by atoms with van der Waals surface area (Å²) in [6, 6.07) is 8.54. The van der Waals surface area contributed by atoms with Gasteiger partial charge < -0.3 is 10.2 Å². The summed E-state index contributed by atoms with van der Waals surface area (Å²) in [5.74, 6) is -1.02. The van der Waals surface area contributed by atoms with Crippen LogP contribution in [0.5, 0.6) is 0 Å². The number of benzene rings is 2. The highest BCUT2D eigenvalue weighted by Gasteiger charge is 2.34. The molecular weight excluding hydrogens is 406 g/mol. The first-order valence-corrected chi connectivity index (χ1v) is 9.28. The highest BCUT2D eigenvalue weighted by molar-refractivity contribution is 5.79. The second kappa shape index (κ2) is 8.68. The van der Waals surface area contributed by atoms with Gasteiger partial charge in [-0.1, -0.05) is 18.2 Å². The third-order valence-corrected chi connectivity index (χ3v) is 5.12. The largest absolute Gasteiger partial charge is 0.416 e. The van der Waals surface area contributed by atoms with Crippen molar-refractivity contribution in [3.63, 3.8) is 0 Å². The molecule has 0 unspecified atom stereocenters. The molecule has 0 bridgehead atoms. The topological polar surface area (TPSA) is 75.5 Å². The molecule has 6 nitrogen and oxygen atoms in total. The van der Waals surface area contributed by atoms with E-state index in [9.17, 15) is 32.5 Å². The number of nitro groups is 1. The Labute approximate surface area is 169 Å². The number of hydrogen-bond acceptors (Lipinski definition) is 4. The molecule has 0 aromatic heterocycles. The Morgan fingerprint density at radius 3 is 2.43 bits per heavy atom. The van der Waals surface area contributed by atoms with Crippen molar-refractivity contribution < 1.29 is 27.3 Å². The fourth-order valence-electron chi connectivity index (χ4n) is 3.46. The lowest BCUT2D eigenvalue weighted by atomic mass is 9.95. The van der Waals surface area contributed by atoms with Gasteiger partial charge in [-0.3, -0.25) is 14.9 Å². The number of nitro benzene ring substituents is 1. The van der Waals surface area contributed by atoms with Gasteiger partial charge in [0.25, 0.3) is 5.69 Å². The summed E-state index contributed by atoms with van der Waals surface area (Å²) in [7, 11) is 0. The second-order valence-electron chi connectivity index (χ2n) is 7.03. The van der Waals surface area contributed by atoms with Gasteiger partial charge in [-0.2, -0.15) is 13.2 Å². The molecule has 2 aromatic rings. The molecule has 0 saturated carbocycles. The lowest BCUT2D eigenvalue weighted by Crippen LogP contribution is -2.40. The first-order chi connectivity index (χ1) is 14.2. The van der Waals surface area contributed by atoms with Crippen molar-refractivity contribution in [3.8, 4) is 0 Å². The minimum absolute atomic E-state index is 0.0517. The van der Waals surface area contributed by atoms with Gasteiger partial charge in [-0.05, 0) is 31.0 Å². The van der Waals surface area contributed by atoms with Crippen molar-refractivity contribution in [1.29, 1.82) is 0 Å². The van der Waals surface area contributed by atoms with Crippen molar-refractivity contribution >= 4 is 17.3 Å². The first kappa shape index (κ1) is 21.5. The lowest BCUT2D eigenvalue weighted by molar-refractivity contribution is -0.384. The van der Waals surface area contributed by atoms with Gasteiger partial charge in [-0.15, -0.1) is 0 Å². The van der Waals surface area contributed by atoms with Crippen LogP contribution in [0.2, 0.25) is 0 Å². The van der Waals surface area contributed by atoms with Crippen LogP contribution in [0.1, 0.15) is 24.0 Å². The van der Waals surface area contributed by atoms with E-state index in [0.717, 1.165) is 12.1 Å². The fourth-order valence-corrected chi connectivity index (χ4v) is 3.46. The molecule has 1 N–H and O–H groups in total. The first-order valence-electron chi connectivity index (χ1n) is 9.28. The Bertz CT molecular complexity index is 941. The number of halogens is 4. The number of nitrogens with one attached hydrogen (secondary N) is 1. The minimum Gasteiger partial charge on any atom is -0.366 e. The van der Waals surface area contributed by atoms with Crippen molar-refractivity contribution in [1.82, 2.24) is 5.32 Å². The van der Waals surface area contributed by atoms with E-state index in [1.165, 1.54) is 6.07 Å².